The van der Waals surface area contributed by atoms with Gasteiger partial charge in [0.25, 0.3) is 5.91 Å². The predicted molar refractivity (Wildman–Crippen MR) is 80.2 cm³/mol. The molecule has 4 N–H and O–H groups in total. The Balaban J connectivity index is 1.80. The third-order valence-electron chi connectivity index (χ3n) is 4.00. The van der Waals surface area contributed by atoms with Gasteiger partial charge in [-0.1, -0.05) is 6.07 Å². The molecule has 1 unspecified atom stereocenters. The molecule has 1 atom stereocenters. The molecule has 1 aromatic carbocycles. The first-order chi connectivity index (χ1) is 11.0. The molecule has 23 heavy (non-hydrogen) atoms. The molecule has 0 aliphatic carbocycles. The lowest BCUT2D eigenvalue weighted by Gasteiger charge is -2.29. The van der Waals surface area contributed by atoms with E-state index in [1.165, 1.54) is 4.90 Å². The zero-order valence-corrected chi connectivity index (χ0v) is 12.3. The molecule has 1 fully saturated rings. The first-order valence-electron chi connectivity index (χ1n) is 7.27. The molecule has 3 rings (SSSR count). The lowest BCUT2D eigenvalue weighted by atomic mass is 10.0. The van der Waals surface area contributed by atoms with Gasteiger partial charge in [0.1, 0.15) is 6.04 Å². The van der Waals surface area contributed by atoms with Crippen LogP contribution < -0.4 is 16.4 Å². The number of nitrogens with two attached hydrogens (primary N) is 1. The van der Waals surface area contributed by atoms with Crippen molar-refractivity contribution in [1.29, 1.82) is 0 Å². The molecule has 0 radical (unpaired) electrons. The van der Waals surface area contributed by atoms with Crippen LogP contribution >= 0.6 is 0 Å². The number of rotatable bonds is 3. The zero-order valence-electron chi connectivity index (χ0n) is 12.3. The second kappa shape index (κ2) is 5.81. The molecule has 2 aliphatic heterocycles. The van der Waals surface area contributed by atoms with Gasteiger partial charge in [0.2, 0.25) is 17.7 Å². The van der Waals surface area contributed by atoms with E-state index in [0.29, 0.717) is 24.2 Å². The standard InChI is InChI=1S/C15H16N4O4/c16-6-13(21)17-9-2-1-8-7-19(15(23)10(8)5-9)11-3-4-12(20)18-14(11)22/h1-2,5,11H,3-4,6-7,16H2,(H,17,21)(H,18,20,22). The minimum atomic E-state index is -0.644. The third-order valence-corrected chi connectivity index (χ3v) is 4.00. The average Bonchev–Trinajstić information content (AvgIpc) is 2.84. The first kappa shape index (κ1) is 15.2. The van der Waals surface area contributed by atoms with Crippen molar-refractivity contribution >= 4 is 29.3 Å². The molecule has 8 heteroatoms. The molecule has 2 heterocycles. The van der Waals surface area contributed by atoms with Crippen LogP contribution in [0, 0.1) is 0 Å². The highest BCUT2D eigenvalue weighted by Crippen LogP contribution is 2.29. The van der Waals surface area contributed by atoms with E-state index in [1.54, 1.807) is 18.2 Å². The summed E-state index contributed by atoms with van der Waals surface area (Å²) in [4.78, 5) is 48.5. The number of piperidine rings is 1. The number of fused-ring (bicyclic) bond motifs is 1. The quantitative estimate of drug-likeness (QED) is 0.639. The van der Waals surface area contributed by atoms with Gasteiger partial charge in [-0.25, -0.2) is 0 Å². The highest BCUT2D eigenvalue weighted by molar-refractivity contribution is 6.06. The monoisotopic (exact) mass is 316 g/mol. The van der Waals surface area contributed by atoms with Gasteiger partial charge in [0, 0.05) is 24.2 Å². The normalized spacial score (nSPS) is 20.3. The highest BCUT2D eigenvalue weighted by atomic mass is 16.2. The SMILES string of the molecule is NCC(=O)Nc1ccc2c(c1)C(=O)N(C1CCC(=O)NC1=O)C2. The smallest absolute Gasteiger partial charge is 0.255 e. The molecule has 8 nitrogen and oxygen atoms in total. The number of anilines is 1. The molecule has 0 spiro atoms. The summed E-state index contributed by atoms with van der Waals surface area (Å²) in [6, 6.07) is 4.37. The van der Waals surface area contributed by atoms with Gasteiger partial charge < -0.3 is 16.0 Å². The van der Waals surface area contributed by atoms with Gasteiger partial charge in [-0.05, 0) is 24.1 Å². The summed E-state index contributed by atoms with van der Waals surface area (Å²) in [7, 11) is 0. The maximum atomic E-state index is 12.6. The fraction of sp³-hybridized carbons (Fsp3) is 0.333. The van der Waals surface area contributed by atoms with E-state index in [1.807, 2.05) is 0 Å². The maximum absolute atomic E-state index is 12.6. The number of nitrogens with zero attached hydrogens (tertiary/aromatic N) is 1. The summed E-state index contributed by atoms with van der Waals surface area (Å²) < 4.78 is 0. The van der Waals surface area contributed by atoms with Crippen LogP contribution in [0.2, 0.25) is 0 Å². The molecule has 1 aromatic rings. The topological polar surface area (TPSA) is 122 Å². The largest absolute Gasteiger partial charge is 0.325 e. The van der Waals surface area contributed by atoms with Gasteiger partial charge >= 0.3 is 0 Å². The number of hydrogen-bond acceptors (Lipinski definition) is 5. The Labute approximate surface area is 132 Å². The summed E-state index contributed by atoms with van der Waals surface area (Å²) in [6.45, 7) is 0.166. The molecule has 0 aromatic heterocycles. The van der Waals surface area contributed by atoms with E-state index in [-0.39, 0.29) is 30.7 Å². The molecule has 0 saturated carbocycles. The molecule has 0 bridgehead atoms. The number of benzene rings is 1. The van der Waals surface area contributed by atoms with Crippen LogP contribution in [0.15, 0.2) is 18.2 Å². The Morgan fingerprint density at radius 1 is 1.35 bits per heavy atom. The molecule has 1 saturated heterocycles. The van der Waals surface area contributed by atoms with Crippen molar-refractivity contribution in [1.82, 2.24) is 10.2 Å². The van der Waals surface area contributed by atoms with Crippen molar-refractivity contribution in [2.24, 2.45) is 5.73 Å². The van der Waals surface area contributed by atoms with E-state index in [0.717, 1.165) is 5.56 Å². The van der Waals surface area contributed by atoms with Crippen LogP contribution in [0.3, 0.4) is 0 Å². The fourth-order valence-electron chi connectivity index (χ4n) is 2.84. The second-order valence-electron chi connectivity index (χ2n) is 5.52. The van der Waals surface area contributed by atoms with Gasteiger partial charge in [0.15, 0.2) is 0 Å². The van der Waals surface area contributed by atoms with Gasteiger partial charge in [-0.15, -0.1) is 0 Å². The Morgan fingerprint density at radius 2 is 2.13 bits per heavy atom. The lowest BCUT2D eigenvalue weighted by Crippen LogP contribution is -2.52. The molecular weight excluding hydrogens is 300 g/mol. The van der Waals surface area contributed by atoms with Crippen LogP contribution in [-0.2, 0) is 20.9 Å². The summed E-state index contributed by atoms with van der Waals surface area (Å²) in [5.41, 5.74) is 6.96. The number of nitrogens with one attached hydrogen (secondary N) is 2. The van der Waals surface area contributed by atoms with E-state index in [2.05, 4.69) is 10.6 Å². The number of amides is 4. The van der Waals surface area contributed by atoms with E-state index < -0.39 is 11.9 Å². The zero-order chi connectivity index (χ0) is 16.6. The van der Waals surface area contributed by atoms with Crippen molar-refractivity contribution in [3.63, 3.8) is 0 Å². The minimum Gasteiger partial charge on any atom is -0.325 e. The Kier molecular flexibility index (Phi) is 3.83. The Morgan fingerprint density at radius 3 is 2.83 bits per heavy atom. The lowest BCUT2D eigenvalue weighted by molar-refractivity contribution is -0.137. The molecule has 120 valence electrons. The van der Waals surface area contributed by atoms with Crippen LogP contribution in [0.25, 0.3) is 0 Å². The van der Waals surface area contributed by atoms with Gasteiger partial charge in [0.05, 0.1) is 6.54 Å². The van der Waals surface area contributed by atoms with Crippen molar-refractivity contribution in [2.45, 2.75) is 25.4 Å². The van der Waals surface area contributed by atoms with E-state index >= 15 is 0 Å². The molecule has 4 amide bonds. The number of carbonyl (C=O) groups is 4. The summed E-state index contributed by atoms with van der Waals surface area (Å²) in [6.07, 6.45) is 0.537. The summed E-state index contributed by atoms with van der Waals surface area (Å²) in [5, 5.41) is 4.85. The second-order valence-corrected chi connectivity index (χ2v) is 5.52. The third kappa shape index (κ3) is 2.80. The fourth-order valence-corrected chi connectivity index (χ4v) is 2.84. The van der Waals surface area contributed by atoms with Crippen LogP contribution in [0.4, 0.5) is 5.69 Å². The van der Waals surface area contributed by atoms with Crippen LogP contribution in [-0.4, -0.2) is 41.1 Å². The summed E-state index contributed by atoms with van der Waals surface area (Å²) >= 11 is 0. The van der Waals surface area contributed by atoms with Crippen molar-refractivity contribution in [2.75, 3.05) is 11.9 Å². The van der Waals surface area contributed by atoms with E-state index in [4.69, 9.17) is 5.73 Å². The predicted octanol–water partition coefficient (Wildman–Crippen LogP) is -0.655. The maximum Gasteiger partial charge on any atom is 0.255 e. The molecule has 2 aliphatic rings. The highest BCUT2D eigenvalue weighted by Gasteiger charge is 2.39. The number of hydrogen-bond donors (Lipinski definition) is 3. The van der Waals surface area contributed by atoms with E-state index in [9.17, 15) is 19.2 Å². The van der Waals surface area contributed by atoms with Crippen molar-refractivity contribution in [3.8, 4) is 0 Å². The molecular formula is C15H16N4O4. The van der Waals surface area contributed by atoms with Crippen molar-refractivity contribution < 1.29 is 19.2 Å². The van der Waals surface area contributed by atoms with Gasteiger partial charge in [-0.3, -0.25) is 24.5 Å². The first-order valence-corrected chi connectivity index (χ1v) is 7.27. The number of carbonyl (C=O) groups excluding carboxylic acids is 4. The van der Waals surface area contributed by atoms with Crippen LogP contribution in [0.5, 0.6) is 0 Å². The summed E-state index contributed by atoms with van der Waals surface area (Å²) in [5.74, 6) is -1.39. The Bertz CT molecular complexity index is 715. The minimum absolute atomic E-state index is 0.145. The van der Waals surface area contributed by atoms with Crippen molar-refractivity contribution in [3.05, 3.63) is 29.3 Å². The van der Waals surface area contributed by atoms with Crippen LogP contribution in [0.1, 0.15) is 28.8 Å². The Hall–Kier alpha value is -2.74. The number of imide groups is 1. The average molecular weight is 316 g/mol. The van der Waals surface area contributed by atoms with Gasteiger partial charge in [-0.2, -0.15) is 0 Å².